The molecule has 2 aromatic rings. The number of rotatable bonds is 5. The second-order valence-electron chi connectivity index (χ2n) is 7.66. The van der Waals surface area contributed by atoms with Gasteiger partial charge < -0.3 is 9.80 Å². The lowest BCUT2D eigenvalue weighted by molar-refractivity contribution is -0.149. The van der Waals surface area contributed by atoms with Gasteiger partial charge in [-0.2, -0.15) is 0 Å². The average molecular weight is 363 g/mol. The Bertz CT molecular complexity index is 846. The zero-order chi connectivity index (χ0) is 18.9. The van der Waals surface area contributed by atoms with E-state index in [4.69, 9.17) is 0 Å². The van der Waals surface area contributed by atoms with E-state index in [1.165, 1.54) is 11.1 Å². The number of benzene rings is 1. The van der Waals surface area contributed by atoms with E-state index in [2.05, 4.69) is 17.1 Å². The van der Waals surface area contributed by atoms with Crippen LogP contribution in [0.3, 0.4) is 0 Å². The predicted octanol–water partition coefficient (Wildman–Crippen LogP) is 2.45. The Kier molecular flexibility index (Phi) is 4.68. The van der Waals surface area contributed by atoms with Crippen molar-refractivity contribution in [2.24, 2.45) is 5.41 Å². The van der Waals surface area contributed by atoms with E-state index in [0.717, 1.165) is 18.4 Å². The van der Waals surface area contributed by atoms with Crippen LogP contribution in [0.25, 0.3) is 0 Å². The van der Waals surface area contributed by atoms with E-state index in [9.17, 15) is 9.59 Å². The maximum Gasteiger partial charge on any atom is 0.238 e. The second-order valence-corrected chi connectivity index (χ2v) is 7.66. The van der Waals surface area contributed by atoms with Gasteiger partial charge in [-0.1, -0.05) is 24.3 Å². The van der Waals surface area contributed by atoms with Crippen LogP contribution in [0.1, 0.15) is 29.5 Å². The molecule has 1 aromatic carbocycles. The molecule has 1 saturated carbocycles. The Morgan fingerprint density at radius 3 is 2.52 bits per heavy atom. The molecular formula is C22H25N3O2. The molecule has 1 aromatic heterocycles. The number of hydrogen-bond donors (Lipinski definition) is 0. The molecule has 4 rings (SSSR count). The van der Waals surface area contributed by atoms with Crippen LogP contribution in [0.4, 0.5) is 0 Å². The molecule has 0 unspecified atom stereocenters. The van der Waals surface area contributed by atoms with E-state index in [1.807, 2.05) is 36.2 Å². The molecule has 1 aliphatic carbocycles. The Balaban J connectivity index is 1.40. The van der Waals surface area contributed by atoms with Crippen LogP contribution in [-0.2, 0) is 29.0 Å². The number of pyridine rings is 1. The van der Waals surface area contributed by atoms with Gasteiger partial charge in [-0.3, -0.25) is 14.6 Å². The third-order valence-electron chi connectivity index (χ3n) is 5.82. The van der Waals surface area contributed by atoms with Crippen molar-refractivity contribution in [1.82, 2.24) is 14.8 Å². The van der Waals surface area contributed by atoms with Gasteiger partial charge in [0.2, 0.25) is 11.8 Å². The zero-order valence-electron chi connectivity index (χ0n) is 15.7. The lowest BCUT2D eigenvalue weighted by Crippen LogP contribution is -2.47. The number of carbonyl (C=O) groups is 2. The maximum atomic E-state index is 13.2. The summed E-state index contributed by atoms with van der Waals surface area (Å²) in [6.45, 7) is 1.93. The Labute approximate surface area is 160 Å². The molecule has 5 nitrogen and oxygen atoms in total. The Hall–Kier alpha value is -2.69. The number of hydrogen-bond acceptors (Lipinski definition) is 3. The van der Waals surface area contributed by atoms with E-state index in [-0.39, 0.29) is 11.8 Å². The first-order valence-electron chi connectivity index (χ1n) is 9.61. The monoisotopic (exact) mass is 363 g/mol. The summed E-state index contributed by atoms with van der Waals surface area (Å²) >= 11 is 0. The van der Waals surface area contributed by atoms with E-state index >= 15 is 0 Å². The third kappa shape index (κ3) is 3.46. The highest BCUT2D eigenvalue weighted by Crippen LogP contribution is 2.49. The third-order valence-corrected chi connectivity index (χ3v) is 5.82. The number of likely N-dealkylation sites (N-methyl/N-ethyl adjacent to an activating group) is 1. The molecule has 2 amide bonds. The summed E-state index contributed by atoms with van der Waals surface area (Å²) in [7, 11) is 1.81. The second kappa shape index (κ2) is 7.14. The molecule has 5 heteroatoms. The first-order valence-corrected chi connectivity index (χ1v) is 9.61. The van der Waals surface area contributed by atoms with Crippen LogP contribution >= 0.6 is 0 Å². The van der Waals surface area contributed by atoms with Crippen molar-refractivity contribution in [1.29, 1.82) is 0 Å². The minimum atomic E-state index is -0.820. The lowest BCUT2D eigenvalue weighted by atomic mass is 9.96. The number of fused-ring (bicyclic) bond motifs is 1. The largest absolute Gasteiger partial charge is 0.344 e. The normalized spacial score (nSPS) is 17.1. The molecule has 27 heavy (non-hydrogen) atoms. The highest BCUT2D eigenvalue weighted by atomic mass is 16.2. The quantitative estimate of drug-likeness (QED) is 0.767. The first kappa shape index (κ1) is 17.7. The zero-order valence-corrected chi connectivity index (χ0v) is 15.7. The fourth-order valence-corrected chi connectivity index (χ4v) is 3.93. The number of nitrogens with zero attached hydrogens (tertiary/aromatic N) is 3. The predicted molar refractivity (Wildman–Crippen MR) is 103 cm³/mol. The van der Waals surface area contributed by atoms with Gasteiger partial charge in [0.1, 0.15) is 5.41 Å². The molecular weight excluding hydrogens is 338 g/mol. The summed E-state index contributed by atoms with van der Waals surface area (Å²) in [6, 6.07) is 12.2. The van der Waals surface area contributed by atoms with E-state index < -0.39 is 5.41 Å². The van der Waals surface area contributed by atoms with Gasteiger partial charge in [-0.15, -0.1) is 0 Å². The summed E-state index contributed by atoms with van der Waals surface area (Å²) in [5.41, 5.74) is 2.84. The van der Waals surface area contributed by atoms with Crippen LogP contribution in [0, 0.1) is 5.41 Å². The van der Waals surface area contributed by atoms with Crippen molar-refractivity contribution in [3.8, 4) is 0 Å². The summed E-state index contributed by atoms with van der Waals surface area (Å²) in [4.78, 5) is 33.8. The smallest absolute Gasteiger partial charge is 0.238 e. The van der Waals surface area contributed by atoms with Crippen LogP contribution in [-0.4, -0.2) is 46.7 Å². The van der Waals surface area contributed by atoms with Gasteiger partial charge in [-0.05, 0) is 54.5 Å². The minimum absolute atomic E-state index is 0.0118. The number of amides is 2. The summed E-state index contributed by atoms with van der Waals surface area (Å²) in [6.07, 6.45) is 6.50. The maximum absolute atomic E-state index is 13.2. The number of carbonyl (C=O) groups excluding carboxylic acids is 2. The van der Waals surface area contributed by atoms with Gasteiger partial charge in [0.15, 0.2) is 0 Å². The SMILES string of the molecule is CN(CCc1ccncc1)C(=O)C1(C(=O)N2CCc3ccccc3C2)CC1. The molecule has 0 saturated heterocycles. The van der Waals surface area contributed by atoms with Crippen LogP contribution in [0.5, 0.6) is 0 Å². The molecule has 1 fully saturated rings. The van der Waals surface area contributed by atoms with Crippen LogP contribution < -0.4 is 0 Å². The summed E-state index contributed by atoms with van der Waals surface area (Å²) in [5.74, 6) is -0.0156. The van der Waals surface area contributed by atoms with Gasteiger partial charge >= 0.3 is 0 Å². The van der Waals surface area contributed by atoms with Crippen molar-refractivity contribution in [2.75, 3.05) is 20.1 Å². The highest BCUT2D eigenvalue weighted by molar-refractivity contribution is 6.07. The summed E-state index contributed by atoms with van der Waals surface area (Å²) < 4.78 is 0. The van der Waals surface area contributed by atoms with Gasteiger partial charge in [-0.25, -0.2) is 0 Å². The fourth-order valence-electron chi connectivity index (χ4n) is 3.93. The Morgan fingerprint density at radius 2 is 1.81 bits per heavy atom. The van der Waals surface area contributed by atoms with Gasteiger partial charge in [0, 0.05) is 39.1 Å². The molecule has 2 aliphatic rings. The Morgan fingerprint density at radius 1 is 1.11 bits per heavy atom. The molecule has 1 aliphatic heterocycles. The minimum Gasteiger partial charge on any atom is -0.344 e. The van der Waals surface area contributed by atoms with Crippen LogP contribution in [0.2, 0.25) is 0 Å². The van der Waals surface area contributed by atoms with Crippen molar-refractivity contribution in [2.45, 2.75) is 32.2 Å². The van der Waals surface area contributed by atoms with Crippen molar-refractivity contribution in [3.05, 3.63) is 65.5 Å². The first-order chi connectivity index (χ1) is 13.1. The van der Waals surface area contributed by atoms with Crippen molar-refractivity contribution >= 4 is 11.8 Å². The fraction of sp³-hybridized carbons (Fsp3) is 0.409. The summed E-state index contributed by atoms with van der Waals surface area (Å²) in [5, 5.41) is 0. The lowest BCUT2D eigenvalue weighted by Gasteiger charge is -2.33. The van der Waals surface area contributed by atoms with E-state index in [1.54, 1.807) is 17.3 Å². The van der Waals surface area contributed by atoms with Gasteiger partial charge in [0.25, 0.3) is 0 Å². The molecule has 140 valence electrons. The van der Waals surface area contributed by atoms with Crippen LogP contribution in [0.15, 0.2) is 48.8 Å². The highest BCUT2D eigenvalue weighted by Gasteiger charge is 2.59. The number of aromatic nitrogens is 1. The van der Waals surface area contributed by atoms with E-state index in [0.29, 0.717) is 32.5 Å². The molecule has 0 bridgehead atoms. The molecule has 0 spiro atoms. The molecule has 0 radical (unpaired) electrons. The topological polar surface area (TPSA) is 53.5 Å². The van der Waals surface area contributed by atoms with Crippen molar-refractivity contribution < 1.29 is 9.59 Å². The standard InChI is InChI=1S/C22H25N3O2/c1-24(14-8-17-6-12-23-13-7-17)20(26)22(10-11-22)21(27)25-15-9-18-4-2-3-5-19(18)16-25/h2-7,12-13H,8-11,14-16H2,1H3. The van der Waals surface area contributed by atoms with Crippen molar-refractivity contribution in [3.63, 3.8) is 0 Å². The van der Waals surface area contributed by atoms with Gasteiger partial charge in [0.05, 0.1) is 0 Å². The molecule has 0 N–H and O–H groups in total. The average Bonchev–Trinajstić information content (AvgIpc) is 3.53. The molecule has 0 atom stereocenters. The molecule has 2 heterocycles.